The Labute approximate surface area is 245 Å². The van der Waals surface area contributed by atoms with Gasteiger partial charge in [-0.3, -0.25) is 14.4 Å². The lowest BCUT2D eigenvalue weighted by molar-refractivity contribution is 0.0983. The zero-order valence-electron chi connectivity index (χ0n) is 25.1. The molecular formula is C30H43N7O3S. The number of carbonyl (C=O) groups is 2. The van der Waals surface area contributed by atoms with E-state index < -0.39 is 16.9 Å². The van der Waals surface area contributed by atoms with Gasteiger partial charge in [-0.05, 0) is 82.1 Å². The second kappa shape index (κ2) is 11.2. The molecule has 3 aliphatic heterocycles. The molecule has 41 heavy (non-hydrogen) atoms. The summed E-state index contributed by atoms with van der Waals surface area (Å²) in [4.78, 5) is 42.2. The third-order valence-corrected chi connectivity index (χ3v) is 9.30. The lowest BCUT2D eigenvalue weighted by atomic mass is 9.92. The first-order chi connectivity index (χ1) is 19.3. The molecule has 2 N–H and O–H groups in total. The fourth-order valence-corrected chi connectivity index (χ4v) is 6.76. The predicted molar refractivity (Wildman–Crippen MR) is 163 cm³/mol. The van der Waals surface area contributed by atoms with Crippen LogP contribution in [-0.2, 0) is 11.0 Å². The Morgan fingerprint density at radius 1 is 1.07 bits per heavy atom. The smallest absolute Gasteiger partial charge is 0.325 e. The van der Waals surface area contributed by atoms with Gasteiger partial charge >= 0.3 is 6.03 Å². The van der Waals surface area contributed by atoms with Crippen molar-refractivity contribution >= 4 is 40.4 Å². The normalized spacial score (nSPS) is 24.8. The van der Waals surface area contributed by atoms with E-state index in [1.165, 1.54) is 0 Å². The first kappa shape index (κ1) is 29.3. The first-order valence-corrected chi connectivity index (χ1v) is 15.8. The fourth-order valence-electron chi connectivity index (χ4n) is 6.00. The SMILES string of the molecule is CC1CCC2CN(c3nc(N4CCN(CCC(C)(C)C)C4=O)ccc3C(=O)NS(=O)c3cccc(n3)N1)C(C)(C)C2. The van der Waals surface area contributed by atoms with Crippen molar-refractivity contribution in [3.63, 3.8) is 0 Å². The van der Waals surface area contributed by atoms with Gasteiger partial charge in [-0.25, -0.2) is 19.0 Å². The Hall–Kier alpha value is -3.21. The van der Waals surface area contributed by atoms with E-state index in [1.54, 1.807) is 29.2 Å². The van der Waals surface area contributed by atoms with E-state index in [0.29, 0.717) is 48.6 Å². The van der Waals surface area contributed by atoms with Gasteiger partial charge < -0.3 is 15.1 Å². The summed E-state index contributed by atoms with van der Waals surface area (Å²) in [6.45, 7) is 15.6. The molecule has 2 aromatic heterocycles. The Morgan fingerprint density at radius 3 is 2.61 bits per heavy atom. The highest BCUT2D eigenvalue weighted by Gasteiger charge is 2.41. The highest BCUT2D eigenvalue weighted by atomic mass is 32.2. The average molecular weight is 582 g/mol. The van der Waals surface area contributed by atoms with Crippen molar-refractivity contribution in [1.82, 2.24) is 19.6 Å². The average Bonchev–Trinajstić information content (AvgIpc) is 3.42. The van der Waals surface area contributed by atoms with E-state index in [9.17, 15) is 13.8 Å². The van der Waals surface area contributed by atoms with Crippen LogP contribution in [0.2, 0.25) is 0 Å². The molecule has 5 heterocycles. The summed E-state index contributed by atoms with van der Waals surface area (Å²) in [5.41, 5.74) is 0.221. The Bertz CT molecular complexity index is 1340. The maximum Gasteiger partial charge on any atom is 0.325 e. The molecule has 10 nitrogen and oxygen atoms in total. The van der Waals surface area contributed by atoms with Gasteiger partial charge in [0.2, 0.25) is 0 Å². The number of hydrogen-bond donors (Lipinski definition) is 2. The molecule has 3 atom stereocenters. The summed E-state index contributed by atoms with van der Waals surface area (Å²) in [7, 11) is -1.86. The standard InChI is InChI=1S/C30H43N7O3S/c1-20-10-11-21-18-30(5,6)37(19-21)26-22(27(38)34-41(40)25-9-7-8-23(31-20)32-25)12-13-24(33-26)36-17-16-35(28(36)39)15-14-29(2,3)4/h7-9,12-13,20-21H,10-11,14-19H2,1-6H3,(H,31,32)(H,34,38). The maximum atomic E-state index is 13.6. The molecule has 2 aromatic rings. The molecule has 222 valence electrons. The van der Waals surface area contributed by atoms with Crippen molar-refractivity contribution < 1.29 is 13.8 Å². The van der Waals surface area contributed by atoms with Crippen LogP contribution in [0.15, 0.2) is 35.4 Å². The van der Waals surface area contributed by atoms with Crippen molar-refractivity contribution in [2.24, 2.45) is 11.3 Å². The third-order valence-electron chi connectivity index (χ3n) is 8.32. The zero-order chi connectivity index (χ0) is 29.5. The third kappa shape index (κ3) is 6.50. The number of nitrogens with one attached hydrogen (secondary N) is 2. The maximum absolute atomic E-state index is 13.6. The molecule has 0 aromatic carbocycles. The number of carbonyl (C=O) groups excluding carboxylic acids is 2. The van der Waals surface area contributed by atoms with E-state index in [1.807, 2.05) is 11.0 Å². The van der Waals surface area contributed by atoms with Crippen molar-refractivity contribution in [3.8, 4) is 0 Å². The van der Waals surface area contributed by atoms with Gasteiger partial charge in [0.1, 0.15) is 17.5 Å². The summed E-state index contributed by atoms with van der Waals surface area (Å²) < 4.78 is 15.8. The highest BCUT2D eigenvalue weighted by Crippen LogP contribution is 2.40. The van der Waals surface area contributed by atoms with Crippen LogP contribution in [0.1, 0.15) is 77.6 Å². The summed E-state index contributed by atoms with van der Waals surface area (Å²) >= 11 is 0. The minimum Gasteiger partial charge on any atom is -0.368 e. The van der Waals surface area contributed by atoms with Crippen molar-refractivity contribution in [2.45, 2.75) is 83.8 Å². The number of rotatable bonds is 3. The van der Waals surface area contributed by atoms with Crippen LogP contribution in [0.4, 0.5) is 22.2 Å². The molecule has 0 aliphatic carbocycles. The van der Waals surface area contributed by atoms with Crippen LogP contribution in [0, 0.1) is 11.3 Å². The number of nitrogens with zero attached hydrogens (tertiary/aromatic N) is 5. The van der Waals surface area contributed by atoms with Gasteiger partial charge in [0.15, 0.2) is 16.0 Å². The number of amides is 3. The number of fused-ring (bicyclic) bond motifs is 6. The van der Waals surface area contributed by atoms with Gasteiger partial charge in [0.05, 0.1) is 5.56 Å². The van der Waals surface area contributed by atoms with E-state index in [0.717, 1.165) is 32.2 Å². The summed E-state index contributed by atoms with van der Waals surface area (Å²) in [5, 5.41) is 3.69. The predicted octanol–water partition coefficient (Wildman–Crippen LogP) is 4.81. The number of aromatic nitrogens is 2. The Kier molecular flexibility index (Phi) is 8.02. The fraction of sp³-hybridized carbons (Fsp3) is 0.600. The molecule has 0 radical (unpaired) electrons. The van der Waals surface area contributed by atoms with Gasteiger partial charge in [0.25, 0.3) is 5.91 Å². The number of anilines is 3. The van der Waals surface area contributed by atoms with Gasteiger partial charge in [-0.1, -0.05) is 26.8 Å². The monoisotopic (exact) mass is 581 g/mol. The van der Waals surface area contributed by atoms with E-state index in [4.69, 9.17) is 4.98 Å². The second-order valence-electron chi connectivity index (χ2n) is 13.4. The number of urea groups is 1. The molecule has 2 saturated heterocycles. The minimum absolute atomic E-state index is 0.0598. The highest BCUT2D eigenvalue weighted by molar-refractivity contribution is 7.83. The summed E-state index contributed by atoms with van der Waals surface area (Å²) in [6.07, 6.45) is 3.83. The molecule has 0 saturated carbocycles. The van der Waals surface area contributed by atoms with E-state index >= 15 is 0 Å². The molecule has 3 unspecified atom stereocenters. The Balaban J connectivity index is 1.50. The van der Waals surface area contributed by atoms with E-state index in [2.05, 4.69) is 61.5 Å². The van der Waals surface area contributed by atoms with Crippen LogP contribution in [0.5, 0.6) is 0 Å². The molecule has 3 aliphatic rings. The van der Waals surface area contributed by atoms with Gasteiger partial charge in [-0.15, -0.1) is 0 Å². The molecule has 3 amide bonds. The molecule has 4 bridgehead atoms. The lowest BCUT2D eigenvalue weighted by Gasteiger charge is -2.34. The van der Waals surface area contributed by atoms with Crippen molar-refractivity contribution in [1.29, 1.82) is 0 Å². The van der Waals surface area contributed by atoms with Crippen LogP contribution in [0.25, 0.3) is 0 Å². The van der Waals surface area contributed by atoms with Gasteiger partial charge in [-0.2, -0.15) is 0 Å². The van der Waals surface area contributed by atoms with Crippen LogP contribution < -0.4 is 19.8 Å². The molecule has 11 heteroatoms. The lowest BCUT2D eigenvalue weighted by Crippen LogP contribution is -2.41. The van der Waals surface area contributed by atoms with Crippen LogP contribution in [-0.4, -0.2) is 68.8 Å². The molecular weight excluding hydrogens is 538 g/mol. The molecule has 0 spiro atoms. The molecule has 5 rings (SSSR count). The Morgan fingerprint density at radius 2 is 1.85 bits per heavy atom. The summed E-state index contributed by atoms with van der Waals surface area (Å²) in [5.74, 6) is 1.62. The van der Waals surface area contributed by atoms with Crippen LogP contribution >= 0.6 is 0 Å². The molecule has 2 fully saturated rings. The van der Waals surface area contributed by atoms with Crippen molar-refractivity contribution in [2.75, 3.05) is 41.3 Å². The summed E-state index contributed by atoms with van der Waals surface area (Å²) in [6, 6.07) is 8.84. The minimum atomic E-state index is -1.86. The number of hydrogen-bond acceptors (Lipinski definition) is 7. The zero-order valence-corrected chi connectivity index (χ0v) is 25.9. The second-order valence-corrected chi connectivity index (χ2v) is 14.6. The topological polar surface area (TPSA) is 111 Å². The largest absolute Gasteiger partial charge is 0.368 e. The van der Waals surface area contributed by atoms with E-state index in [-0.39, 0.29) is 28.1 Å². The van der Waals surface area contributed by atoms with Gasteiger partial charge in [0, 0.05) is 37.8 Å². The van der Waals surface area contributed by atoms with Crippen LogP contribution in [0.3, 0.4) is 0 Å². The first-order valence-electron chi connectivity index (χ1n) is 14.6. The number of pyridine rings is 2. The quantitative estimate of drug-likeness (QED) is 0.535. The van der Waals surface area contributed by atoms with Crippen molar-refractivity contribution in [3.05, 3.63) is 35.9 Å².